The quantitative estimate of drug-likeness (QED) is 0.669. The number of thiazole rings is 1. The lowest BCUT2D eigenvalue weighted by Gasteiger charge is -2.12. The van der Waals surface area contributed by atoms with Gasteiger partial charge < -0.3 is 0 Å². The van der Waals surface area contributed by atoms with Crippen LogP contribution < -0.4 is 0 Å². The fraction of sp³-hybridized carbons (Fsp3) is 0.100. The number of fused-ring (bicyclic) bond motifs is 1. The number of benzene rings is 1. The molecule has 0 bridgehead atoms. The van der Waals surface area contributed by atoms with E-state index in [0.29, 0.717) is 0 Å². The van der Waals surface area contributed by atoms with E-state index in [2.05, 4.69) is 33.7 Å². The zero-order valence-electron chi connectivity index (χ0n) is 8.07. The Bertz CT molecular complexity index is 543. The molecule has 0 unspecified atom stereocenters. The Morgan fingerprint density at radius 2 is 1.94 bits per heavy atom. The second-order valence-corrected chi connectivity index (χ2v) is 6.56. The summed E-state index contributed by atoms with van der Waals surface area (Å²) in [6.45, 7) is 0. The molecule has 0 saturated heterocycles. The first kappa shape index (κ1) is 10.3. The number of hydrogen-bond donors (Lipinski definition) is 1. The summed E-state index contributed by atoms with van der Waals surface area (Å²) in [6, 6.07) is 8.06. The summed E-state index contributed by atoms with van der Waals surface area (Å²) >= 11 is 7.50. The fourth-order valence-corrected chi connectivity index (χ4v) is 4.02. The van der Waals surface area contributed by atoms with Crippen molar-refractivity contribution in [2.75, 3.05) is 0 Å². The highest BCUT2D eigenvalue weighted by atomic mass is 32.2. The zero-order chi connectivity index (χ0) is 11.0. The first-order chi connectivity index (χ1) is 7.75. The molecule has 2 heterocycles. The maximum atomic E-state index is 4.51. The molecule has 6 heteroatoms. The minimum atomic E-state index is -0.728. The second-order valence-electron chi connectivity index (χ2n) is 3.18. The molecule has 0 spiro atoms. The highest BCUT2D eigenvalue weighted by molar-refractivity contribution is 8.12. The van der Waals surface area contributed by atoms with Crippen LogP contribution in [-0.4, -0.2) is 21.7 Å². The van der Waals surface area contributed by atoms with Crippen molar-refractivity contribution in [2.45, 2.75) is 8.67 Å². The molecule has 0 N–H and O–H groups in total. The van der Waals surface area contributed by atoms with E-state index in [1.54, 1.807) is 23.8 Å². The Balaban J connectivity index is 1.95. The van der Waals surface area contributed by atoms with Crippen LogP contribution in [0.4, 0.5) is 0 Å². The first-order valence-electron chi connectivity index (χ1n) is 4.61. The fourth-order valence-electron chi connectivity index (χ4n) is 1.36. The Morgan fingerprint density at radius 3 is 2.69 bits per heavy atom. The van der Waals surface area contributed by atoms with E-state index in [1.165, 1.54) is 16.5 Å². The van der Waals surface area contributed by atoms with Gasteiger partial charge in [-0.1, -0.05) is 12.1 Å². The standard InChI is InChI=1S/C10H7N3S3/c14-10(11-5-6-12-10)16-9-13-7-3-1-2-4-8(7)15-9/h1-6,14H. The summed E-state index contributed by atoms with van der Waals surface area (Å²) in [6.07, 6.45) is 3.32. The predicted molar refractivity (Wildman–Crippen MR) is 74.2 cm³/mol. The molecule has 0 aliphatic carbocycles. The molecule has 80 valence electrons. The highest BCUT2D eigenvalue weighted by Crippen LogP contribution is 2.42. The van der Waals surface area contributed by atoms with E-state index in [9.17, 15) is 0 Å². The largest absolute Gasteiger partial charge is 0.249 e. The van der Waals surface area contributed by atoms with Crippen molar-refractivity contribution in [3.05, 3.63) is 24.3 Å². The van der Waals surface area contributed by atoms with Crippen molar-refractivity contribution >= 4 is 58.4 Å². The summed E-state index contributed by atoms with van der Waals surface area (Å²) in [5.74, 6) is 0. The van der Waals surface area contributed by atoms with Crippen LogP contribution in [0.1, 0.15) is 0 Å². The van der Waals surface area contributed by atoms with Crippen LogP contribution in [0.25, 0.3) is 10.2 Å². The third kappa shape index (κ3) is 1.88. The number of hydrogen-bond acceptors (Lipinski definition) is 6. The minimum absolute atomic E-state index is 0.728. The van der Waals surface area contributed by atoms with Crippen molar-refractivity contribution in [1.82, 2.24) is 4.98 Å². The average Bonchev–Trinajstić information content (AvgIpc) is 2.84. The second kappa shape index (κ2) is 3.87. The van der Waals surface area contributed by atoms with Gasteiger partial charge in [0.2, 0.25) is 4.33 Å². The van der Waals surface area contributed by atoms with Gasteiger partial charge in [0, 0.05) is 12.4 Å². The number of para-hydroxylation sites is 1. The number of rotatable bonds is 2. The third-order valence-corrected chi connectivity index (χ3v) is 4.64. The molecule has 1 aromatic carbocycles. The van der Waals surface area contributed by atoms with E-state index >= 15 is 0 Å². The van der Waals surface area contributed by atoms with Crippen LogP contribution in [-0.2, 0) is 0 Å². The van der Waals surface area contributed by atoms with Gasteiger partial charge in [-0.05, 0) is 23.9 Å². The Morgan fingerprint density at radius 1 is 1.19 bits per heavy atom. The number of aliphatic imine (C=N–C) groups is 2. The van der Waals surface area contributed by atoms with Gasteiger partial charge in [-0.25, -0.2) is 15.0 Å². The Labute approximate surface area is 106 Å². The zero-order valence-corrected chi connectivity index (χ0v) is 10.6. The molecule has 0 amide bonds. The van der Waals surface area contributed by atoms with Crippen molar-refractivity contribution in [1.29, 1.82) is 0 Å². The smallest absolute Gasteiger partial charge is 0.242 e. The molecule has 3 nitrogen and oxygen atoms in total. The molecule has 0 radical (unpaired) electrons. The van der Waals surface area contributed by atoms with Crippen LogP contribution in [0.3, 0.4) is 0 Å². The van der Waals surface area contributed by atoms with Crippen LogP contribution >= 0.6 is 35.7 Å². The molecule has 1 aliphatic heterocycles. The van der Waals surface area contributed by atoms with Gasteiger partial charge >= 0.3 is 0 Å². The van der Waals surface area contributed by atoms with Crippen LogP contribution in [0, 0.1) is 0 Å². The van der Waals surface area contributed by atoms with Crippen molar-refractivity contribution in [2.24, 2.45) is 9.98 Å². The van der Waals surface area contributed by atoms with Gasteiger partial charge in [0.25, 0.3) is 0 Å². The van der Waals surface area contributed by atoms with Crippen LogP contribution in [0.15, 0.2) is 38.6 Å². The van der Waals surface area contributed by atoms with E-state index in [1.807, 2.05) is 18.2 Å². The van der Waals surface area contributed by atoms with Crippen LogP contribution in [0.5, 0.6) is 0 Å². The minimum Gasteiger partial charge on any atom is -0.242 e. The lowest BCUT2D eigenvalue weighted by Crippen LogP contribution is -2.04. The van der Waals surface area contributed by atoms with Crippen LogP contribution in [0.2, 0.25) is 0 Å². The van der Waals surface area contributed by atoms with Gasteiger partial charge in [0.1, 0.15) is 0 Å². The van der Waals surface area contributed by atoms with Gasteiger partial charge in [0.15, 0.2) is 4.34 Å². The number of thioether (sulfide) groups is 1. The van der Waals surface area contributed by atoms with Gasteiger partial charge in [0.05, 0.1) is 10.2 Å². The molecule has 1 aliphatic rings. The number of aromatic nitrogens is 1. The topological polar surface area (TPSA) is 37.6 Å². The molecular weight excluding hydrogens is 258 g/mol. The molecule has 0 saturated carbocycles. The molecular formula is C10H7N3S3. The number of nitrogens with zero attached hydrogens (tertiary/aromatic N) is 3. The monoisotopic (exact) mass is 265 g/mol. The summed E-state index contributed by atoms with van der Waals surface area (Å²) in [4.78, 5) is 12.9. The SMILES string of the molecule is SC1(Sc2nc3ccccc3s2)N=CC=N1. The van der Waals surface area contributed by atoms with Gasteiger partial charge in [-0.15, -0.1) is 24.0 Å². The normalized spacial score (nSPS) is 17.3. The lowest BCUT2D eigenvalue weighted by atomic mass is 10.3. The molecule has 1 aromatic heterocycles. The maximum absolute atomic E-state index is 4.51. The number of thiol groups is 1. The Hall–Kier alpha value is -0.850. The van der Waals surface area contributed by atoms with E-state index in [4.69, 9.17) is 0 Å². The average molecular weight is 265 g/mol. The van der Waals surface area contributed by atoms with E-state index < -0.39 is 4.33 Å². The lowest BCUT2D eigenvalue weighted by molar-refractivity contribution is 0.952. The molecule has 0 atom stereocenters. The third-order valence-electron chi connectivity index (χ3n) is 2.05. The van der Waals surface area contributed by atoms with Gasteiger partial charge in [-0.3, -0.25) is 0 Å². The van der Waals surface area contributed by atoms with E-state index in [-0.39, 0.29) is 0 Å². The predicted octanol–water partition coefficient (Wildman–Crippen LogP) is 3.08. The summed E-state index contributed by atoms with van der Waals surface area (Å²) in [7, 11) is 0. The van der Waals surface area contributed by atoms with E-state index in [0.717, 1.165) is 9.86 Å². The molecule has 16 heavy (non-hydrogen) atoms. The summed E-state index contributed by atoms with van der Waals surface area (Å²) < 4.78 is 1.38. The summed E-state index contributed by atoms with van der Waals surface area (Å²) in [5, 5.41) is 0. The van der Waals surface area contributed by atoms with Gasteiger partial charge in [-0.2, -0.15) is 0 Å². The molecule has 0 fully saturated rings. The highest BCUT2D eigenvalue weighted by Gasteiger charge is 2.27. The first-order valence-corrected chi connectivity index (χ1v) is 6.69. The molecule has 2 aromatic rings. The molecule has 3 rings (SSSR count). The summed E-state index contributed by atoms with van der Waals surface area (Å²) in [5.41, 5.74) is 1.01. The van der Waals surface area contributed by atoms with Crippen molar-refractivity contribution in [3.63, 3.8) is 0 Å². The maximum Gasteiger partial charge on any atom is 0.249 e. The van der Waals surface area contributed by atoms with Crippen molar-refractivity contribution in [3.8, 4) is 0 Å². The van der Waals surface area contributed by atoms with Crippen molar-refractivity contribution < 1.29 is 0 Å². The Kier molecular flexibility index (Phi) is 2.49.